The fraction of sp³-hybridized carbons (Fsp3) is 0.278. The van der Waals surface area contributed by atoms with Crippen LogP contribution in [0.3, 0.4) is 0 Å². The van der Waals surface area contributed by atoms with E-state index in [4.69, 9.17) is 9.47 Å². The first-order chi connectivity index (χ1) is 10.2. The highest BCUT2D eigenvalue weighted by Crippen LogP contribution is 2.15. The molecular weight excluding hydrogens is 264 g/mol. The van der Waals surface area contributed by atoms with Crippen LogP contribution in [0.5, 0.6) is 5.75 Å². The van der Waals surface area contributed by atoms with E-state index in [2.05, 4.69) is 31.2 Å². The summed E-state index contributed by atoms with van der Waals surface area (Å²) in [7, 11) is 1.59. The molecule has 0 atom stereocenters. The van der Waals surface area contributed by atoms with Crippen molar-refractivity contribution in [2.45, 2.75) is 20.0 Å². The predicted octanol–water partition coefficient (Wildman–Crippen LogP) is 3.79. The molecule has 0 N–H and O–H groups in total. The average molecular weight is 284 g/mol. The van der Waals surface area contributed by atoms with Gasteiger partial charge in [-0.15, -0.1) is 0 Å². The minimum absolute atomic E-state index is 0.0851. The van der Waals surface area contributed by atoms with E-state index in [1.807, 2.05) is 12.1 Å². The van der Waals surface area contributed by atoms with Crippen LogP contribution in [0.1, 0.15) is 27.9 Å². The molecule has 21 heavy (non-hydrogen) atoms. The molecule has 0 fully saturated rings. The first-order valence-electron chi connectivity index (χ1n) is 6.99. The minimum atomic E-state index is 0.0851. The second-order valence-corrected chi connectivity index (χ2v) is 4.96. The maximum Gasteiger partial charge on any atom is 0.165 e. The molecule has 3 heteroatoms. The number of carbonyl (C=O) groups is 1. The summed E-state index contributed by atoms with van der Waals surface area (Å²) in [5.74, 6) is 0.848. The summed E-state index contributed by atoms with van der Waals surface area (Å²) in [6.45, 7) is 3.03. The average Bonchev–Trinajstić information content (AvgIpc) is 2.52. The van der Waals surface area contributed by atoms with Gasteiger partial charge in [-0.05, 0) is 36.8 Å². The monoisotopic (exact) mass is 284 g/mol. The van der Waals surface area contributed by atoms with E-state index in [0.29, 0.717) is 25.2 Å². The van der Waals surface area contributed by atoms with Gasteiger partial charge >= 0.3 is 0 Å². The standard InChI is InChI=1S/C18H20O3/c1-14-3-5-15(6-4-14)13-21-17-9-7-16(8-10-17)18(19)11-12-20-2/h3-10H,11-13H2,1-2H3. The number of hydrogen-bond acceptors (Lipinski definition) is 3. The smallest absolute Gasteiger partial charge is 0.165 e. The first-order valence-corrected chi connectivity index (χ1v) is 6.99. The first kappa shape index (κ1) is 15.3. The van der Waals surface area contributed by atoms with Gasteiger partial charge in [0.1, 0.15) is 12.4 Å². The van der Waals surface area contributed by atoms with Crippen LogP contribution in [0, 0.1) is 6.92 Å². The van der Waals surface area contributed by atoms with Gasteiger partial charge in [0.15, 0.2) is 5.78 Å². The Hall–Kier alpha value is -2.13. The number of ether oxygens (including phenoxy) is 2. The number of Topliss-reactive ketones (excluding diaryl/α,β-unsaturated/α-hetero) is 1. The maximum absolute atomic E-state index is 11.8. The Kier molecular flexibility index (Phi) is 5.52. The Morgan fingerprint density at radius 3 is 2.29 bits per heavy atom. The highest BCUT2D eigenvalue weighted by Gasteiger charge is 2.05. The third kappa shape index (κ3) is 4.72. The summed E-state index contributed by atoms with van der Waals surface area (Å²) in [5.41, 5.74) is 3.05. The van der Waals surface area contributed by atoms with Crippen molar-refractivity contribution >= 4 is 5.78 Å². The van der Waals surface area contributed by atoms with Crippen LogP contribution >= 0.6 is 0 Å². The molecule has 0 amide bonds. The predicted molar refractivity (Wildman–Crippen MR) is 82.8 cm³/mol. The highest BCUT2D eigenvalue weighted by molar-refractivity contribution is 5.96. The molecule has 2 rings (SSSR count). The molecule has 2 aromatic carbocycles. The number of aryl methyl sites for hydroxylation is 1. The number of hydrogen-bond donors (Lipinski definition) is 0. The molecule has 3 nitrogen and oxygen atoms in total. The summed E-state index contributed by atoms with van der Waals surface area (Å²) in [6.07, 6.45) is 0.403. The third-order valence-corrected chi connectivity index (χ3v) is 3.24. The van der Waals surface area contributed by atoms with Crippen molar-refractivity contribution in [1.82, 2.24) is 0 Å². The lowest BCUT2D eigenvalue weighted by Gasteiger charge is -2.07. The summed E-state index contributed by atoms with van der Waals surface area (Å²) < 4.78 is 10.6. The summed E-state index contributed by atoms with van der Waals surface area (Å²) >= 11 is 0. The van der Waals surface area contributed by atoms with Crippen molar-refractivity contribution in [3.63, 3.8) is 0 Å². The van der Waals surface area contributed by atoms with Crippen LogP contribution < -0.4 is 4.74 Å². The Bertz CT molecular complexity index is 570. The third-order valence-electron chi connectivity index (χ3n) is 3.24. The van der Waals surface area contributed by atoms with Crippen molar-refractivity contribution in [1.29, 1.82) is 0 Å². The van der Waals surface area contributed by atoms with Crippen molar-refractivity contribution < 1.29 is 14.3 Å². The number of rotatable bonds is 7. The lowest BCUT2D eigenvalue weighted by molar-refractivity contribution is 0.0932. The summed E-state index contributed by atoms with van der Waals surface area (Å²) in [6, 6.07) is 15.5. The van der Waals surface area contributed by atoms with Gasteiger partial charge in [-0.3, -0.25) is 4.79 Å². The summed E-state index contributed by atoms with van der Waals surface area (Å²) in [4.78, 5) is 11.8. The number of benzene rings is 2. The highest BCUT2D eigenvalue weighted by atomic mass is 16.5. The Balaban J connectivity index is 1.90. The fourth-order valence-electron chi connectivity index (χ4n) is 1.93. The van der Waals surface area contributed by atoms with Gasteiger partial charge in [-0.1, -0.05) is 29.8 Å². The second-order valence-electron chi connectivity index (χ2n) is 4.96. The fourth-order valence-corrected chi connectivity index (χ4v) is 1.93. The molecule has 110 valence electrons. The van der Waals surface area contributed by atoms with Gasteiger partial charge in [-0.25, -0.2) is 0 Å². The lowest BCUT2D eigenvalue weighted by atomic mass is 10.1. The SMILES string of the molecule is COCCC(=O)c1ccc(OCc2ccc(C)cc2)cc1. The normalized spacial score (nSPS) is 10.4. The van der Waals surface area contributed by atoms with Gasteiger partial charge in [0.25, 0.3) is 0 Å². The van der Waals surface area contributed by atoms with E-state index in [0.717, 1.165) is 11.3 Å². The van der Waals surface area contributed by atoms with Crippen molar-refractivity contribution in [3.05, 3.63) is 65.2 Å². The van der Waals surface area contributed by atoms with E-state index in [1.165, 1.54) is 5.56 Å². The molecule has 2 aromatic rings. The van der Waals surface area contributed by atoms with Gasteiger partial charge in [-0.2, -0.15) is 0 Å². The van der Waals surface area contributed by atoms with Crippen molar-refractivity contribution in [2.24, 2.45) is 0 Å². The molecule has 0 aromatic heterocycles. The lowest BCUT2D eigenvalue weighted by Crippen LogP contribution is -2.03. The quantitative estimate of drug-likeness (QED) is 0.726. The molecule has 0 bridgehead atoms. The number of carbonyl (C=O) groups excluding carboxylic acids is 1. The van der Waals surface area contributed by atoms with Crippen LogP contribution in [0.2, 0.25) is 0 Å². The zero-order chi connectivity index (χ0) is 15.1. The van der Waals surface area contributed by atoms with Gasteiger partial charge in [0, 0.05) is 19.1 Å². The van der Waals surface area contributed by atoms with Crippen molar-refractivity contribution in [2.75, 3.05) is 13.7 Å². The van der Waals surface area contributed by atoms with Crippen LogP contribution in [-0.4, -0.2) is 19.5 Å². The van der Waals surface area contributed by atoms with Gasteiger partial charge < -0.3 is 9.47 Å². The zero-order valence-electron chi connectivity index (χ0n) is 12.5. The van der Waals surface area contributed by atoms with E-state index in [-0.39, 0.29) is 5.78 Å². The number of ketones is 1. The largest absolute Gasteiger partial charge is 0.489 e. The second kappa shape index (κ2) is 7.60. The summed E-state index contributed by atoms with van der Waals surface area (Å²) in [5, 5.41) is 0. The molecule has 0 radical (unpaired) electrons. The maximum atomic E-state index is 11.8. The molecule has 0 saturated carbocycles. The molecule has 0 heterocycles. The van der Waals surface area contributed by atoms with Gasteiger partial charge in [0.05, 0.1) is 6.61 Å². The molecule has 0 aliphatic heterocycles. The Labute approximate surface area is 125 Å². The van der Waals surface area contributed by atoms with E-state index in [9.17, 15) is 4.79 Å². The molecular formula is C18H20O3. The molecule has 0 aliphatic rings. The molecule has 0 unspecified atom stereocenters. The van der Waals surface area contributed by atoms with Crippen LogP contribution in [0.15, 0.2) is 48.5 Å². The molecule has 0 spiro atoms. The topological polar surface area (TPSA) is 35.5 Å². The Morgan fingerprint density at radius 2 is 1.67 bits per heavy atom. The van der Waals surface area contributed by atoms with E-state index < -0.39 is 0 Å². The molecule has 0 saturated heterocycles. The van der Waals surface area contributed by atoms with Crippen molar-refractivity contribution in [3.8, 4) is 5.75 Å². The van der Waals surface area contributed by atoms with E-state index >= 15 is 0 Å². The number of methoxy groups -OCH3 is 1. The van der Waals surface area contributed by atoms with E-state index in [1.54, 1.807) is 19.2 Å². The van der Waals surface area contributed by atoms with Crippen LogP contribution in [-0.2, 0) is 11.3 Å². The zero-order valence-corrected chi connectivity index (χ0v) is 12.5. The molecule has 0 aliphatic carbocycles. The van der Waals surface area contributed by atoms with Crippen LogP contribution in [0.25, 0.3) is 0 Å². The Morgan fingerprint density at radius 1 is 1.00 bits per heavy atom. The minimum Gasteiger partial charge on any atom is -0.489 e. The van der Waals surface area contributed by atoms with Gasteiger partial charge in [0.2, 0.25) is 0 Å². The van der Waals surface area contributed by atoms with Crippen LogP contribution in [0.4, 0.5) is 0 Å².